The van der Waals surface area contributed by atoms with E-state index in [0.29, 0.717) is 19.0 Å². The van der Waals surface area contributed by atoms with Crippen LogP contribution >= 0.6 is 0 Å². The van der Waals surface area contributed by atoms with Gasteiger partial charge in [-0.05, 0) is 17.7 Å². The quantitative estimate of drug-likeness (QED) is 0.704. The summed E-state index contributed by atoms with van der Waals surface area (Å²) in [5.41, 5.74) is 8.39. The molecule has 0 spiro atoms. The lowest BCUT2D eigenvalue weighted by atomic mass is 10.2. The monoisotopic (exact) mass is 235 g/mol. The average molecular weight is 235 g/mol. The van der Waals surface area contributed by atoms with Crippen molar-refractivity contribution in [1.82, 2.24) is 10.3 Å². The lowest BCUT2D eigenvalue weighted by molar-refractivity contribution is 0.262. The molecule has 2 aromatic rings. The number of aryl methyl sites for hydroxylation is 1. The van der Waals surface area contributed by atoms with Crippen LogP contribution in [0.25, 0.3) is 11.1 Å². The highest BCUT2D eigenvalue weighted by molar-refractivity contribution is 5.73. The Labute approximate surface area is 99.6 Å². The largest absolute Gasteiger partial charge is 0.441 e. The van der Waals surface area contributed by atoms with Gasteiger partial charge in [0.05, 0.1) is 6.61 Å². The highest BCUT2D eigenvalue weighted by atomic mass is 16.3. The van der Waals surface area contributed by atoms with E-state index in [-0.39, 0.29) is 12.6 Å². The molecule has 1 heterocycles. The van der Waals surface area contributed by atoms with Gasteiger partial charge < -0.3 is 20.6 Å². The van der Waals surface area contributed by atoms with Crippen LogP contribution in [0.15, 0.2) is 22.6 Å². The third-order valence-corrected chi connectivity index (χ3v) is 2.53. The summed E-state index contributed by atoms with van der Waals surface area (Å²) in [6.45, 7) is 3.12. The van der Waals surface area contributed by atoms with Crippen LogP contribution in [0.3, 0.4) is 0 Å². The number of nitrogens with zero attached hydrogens (tertiary/aromatic N) is 1. The number of fused-ring (bicyclic) bond motifs is 1. The van der Waals surface area contributed by atoms with Gasteiger partial charge in [0.15, 0.2) is 11.5 Å². The average Bonchev–Trinajstić information content (AvgIpc) is 2.68. The molecule has 4 N–H and O–H groups in total. The molecule has 0 radical (unpaired) electrons. The molecule has 1 atom stereocenters. The Morgan fingerprint density at radius 1 is 1.53 bits per heavy atom. The summed E-state index contributed by atoms with van der Waals surface area (Å²) < 4.78 is 5.40. The van der Waals surface area contributed by atoms with Gasteiger partial charge in [-0.15, -0.1) is 0 Å². The van der Waals surface area contributed by atoms with Crippen LogP contribution in [0, 0.1) is 6.92 Å². The molecule has 1 aromatic carbocycles. The van der Waals surface area contributed by atoms with E-state index in [0.717, 1.165) is 16.7 Å². The Hall–Kier alpha value is -1.43. The maximum absolute atomic E-state index is 8.79. The Bertz CT molecular complexity index is 495. The molecule has 1 unspecified atom stereocenters. The Morgan fingerprint density at radius 3 is 3.12 bits per heavy atom. The van der Waals surface area contributed by atoms with Crippen molar-refractivity contribution < 1.29 is 9.52 Å². The molecule has 5 nitrogen and oxygen atoms in total. The Kier molecular flexibility index (Phi) is 3.73. The summed E-state index contributed by atoms with van der Waals surface area (Å²) in [5.74, 6) is 0.674. The van der Waals surface area contributed by atoms with E-state index in [2.05, 4.69) is 10.3 Å². The minimum Gasteiger partial charge on any atom is -0.441 e. The number of aromatic nitrogens is 1. The van der Waals surface area contributed by atoms with Crippen LogP contribution < -0.4 is 11.1 Å². The van der Waals surface area contributed by atoms with E-state index < -0.39 is 0 Å². The number of benzene rings is 1. The van der Waals surface area contributed by atoms with E-state index >= 15 is 0 Å². The molecule has 2 rings (SSSR count). The first kappa shape index (κ1) is 12.0. The predicted molar refractivity (Wildman–Crippen MR) is 65.5 cm³/mol. The van der Waals surface area contributed by atoms with E-state index in [4.69, 9.17) is 15.3 Å². The molecule has 0 aliphatic heterocycles. The van der Waals surface area contributed by atoms with Crippen molar-refractivity contribution >= 4 is 11.1 Å². The Balaban J connectivity index is 1.99. The van der Waals surface area contributed by atoms with Gasteiger partial charge in [0.2, 0.25) is 0 Å². The first-order chi connectivity index (χ1) is 8.19. The maximum atomic E-state index is 8.79. The van der Waals surface area contributed by atoms with Crippen molar-refractivity contribution in [3.05, 3.63) is 29.7 Å². The number of aliphatic hydroxyl groups excluding tert-OH is 1. The zero-order valence-corrected chi connectivity index (χ0v) is 9.81. The Morgan fingerprint density at radius 2 is 2.35 bits per heavy atom. The van der Waals surface area contributed by atoms with E-state index in [1.165, 1.54) is 0 Å². The number of aliphatic hydroxyl groups is 1. The summed E-state index contributed by atoms with van der Waals surface area (Å²) >= 11 is 0. The van der Waals surface area contributed by atoms with Crippen LogP contribution in [0.2, 0.25) is 0 Å². The van der Waals surface area contributed by atoms with Crippen molar-refractivity contribution in [2.45, 2.75) is 19.5 Å². The highest BCUT2D eigenvalue weighted by Gasteiger charge is 2.04. The highest BCUT2D eigenvalue weighted by Crippen LogP contribution is 2.16. The van der Waals surface area contributed by atoms with Crippen LogP contribution in [0.4, 0.5) is 0 Å². The van der Waals surface area contributed by atoms with Gasteiger partial charge in [0.1, 0.15) is 5.52 Å². The first-order valence-electron chi connectivity index (χ1n) is 5.62. The normalized spacial score (nSPS) is 13.1. The minimum atomic E-state index is -0.215. The van der Waals surface area contributed by atoms with E-state index in [1.54, 1.807) is 0 Å². The van der Waals surface area contributed by atoms with Crippen molar-refractivity contribution in [2.75, 3.05) is 13.2 Å². The maximum Gasteiger partial charge on any atom is 0.192 e. The molecule has 0 fully saturated rings. The summed E-state index contributed by atoms with van der Waals surface area (Å²) in [7, 11) is 0. The fourth-order valence-corrected chi connectivity index (χ4v) is 1.66. The van der Waals surface area contributed by atoms with Gasteiger partial charge in [0, 0.05) is 26.1 Å². The fraction of sp³-hybridized carbons (Fsp3) is 0.417. The van der Waals surface area contributed by atoms with Gasteiger partial charge >= 0.3 is 0 Å². The van der Waals surface area contributed by atoms with Crippen molar-refractivity contribution in [2.24, 2.45) is 5.73 Å². The molecule has 0 aliphatic rings. The third kappa shape index (κ3) is 3.03. The molecule has 92 valence electrons. The molecular weight excluding hydrogens is 218 g/mol. The van der Waals surface area contributed by atoms with Gasteiger partial charge in [-0.2, -0.15) is 0 Å². The number of nitrogens with one attached hydrogen (secondary N) is 1. The smallest absolute Gasteiger partial charge is 0.192 e. The lowest BCUT2D eigenvalue weighted by Gasteiger charge is -2.09. The van der Waals surface area contributed by atoms with Crippen LogP contribution in [0.1, 0.15) is 11.5 Å². The number of rotatable bonds is 5. The van der Waals surface area contributed by atoms with Gasteiger partial charge in [-0.1, -0.05) is 6.07 Å². The molecule has 0 saturated carbocycles. The van der Waals surface area contributed by atoms with Crippen molar-refractivity contribution in [3.8, 4) is 0 Å². The van der Waals surface area contributed by atoms with Crippen molar-refractivity contribution in [3.63, 3.8) is 0 Å². The van der Waals surface area contributed by atoms with E-state index in [9.17, 15) is 0 Å². The fourth-order valence-electron chi connectivity index (χ4n) is 1.66. The minimum absolute atomic E-state index is 0.00544. The van der Waals surface area contributed by atoms with Crippen LogP contribution in [-0.4, -0.2) is 29.3 Å². The lowest BCUT2D eigenvalue weighted by Crippen LogP contribution is -2.36. The topological polar surface area (TPSA) is 84.3 Å². The predicted octanol–water partition coefficient (Wildman–Crippen LogP) is 0.545. The number of oxazole rings is 1. The number of hydrogen-bond donors (Lipinski definition) is 3. The number of nitrogens with two attached hydrogens (primary N) is 1. The summed E-state index contributed by atoms with van der Waals surface area (Å²) in [6, 6.07) is 5.68. The van der Waals surface area contributed by atoms with Gasteiger partial charge in [-0.25, -0.2) is 4.98 Å². The molecule has 0 aliphatic carbocycles. The van der Waals surface area contributed by atoms with Crippen molar-refractivity contribution in [1.29, 1.82) is 0 Å². The summed E-state index contributed by atoms with van der Waals surface area (Å²) in [5, 5.41) is 12.0. The zero-order chi connectivity index (χ0) is 12.3. The first-order valence-corrected chi connectivity index (χ1v) is 5.62. The molecule has 17 heavy (non-hydrogen) atoms. The molecule has 1 aromatic heterocycles. The van der Waals surface area contributed by atoms with Gasteiger partial charge in [-0.3, -0.25) is 0 Å². The molecule has 0 saturated heterocycles. The van der Waals surface area contributed by atoms with Gasteiger partial charge in [0.25, 0.3) is 0 Å². The second kappa shape index (κ2) is 5.27. The third-order valence-electron chi connectivity index (χ3n) is 2.53. The molecular formula is C12H17N3O2. The molecule has 5 heteroatoms. The standard InChI is InChI=1S/C12H17N3O2/c1-8-15-11-4-9(2-3-12(11)17-8)5-14-6-10(13)7-16/h2-4,10,14,16H,5-7,13H2,1H3. The number of hydrogen-bond acceptors (Lipinski definition) is 5. The summed E-state index contributed by atoms with van der Waals surface area (Å²) in [6.07, 6.45) is 0. The summed E-state index contributed by atoms with van der Waals surface area (Å²) in [4.78, 5) is 4.27. The second-order valence-electron chi connectivity index (χ2n) is 4.11. The molecule has 0 bridgehead atoms. The SMILES string of the molecule is Cc1nc2cc(CNCC(N)CO)ccc2o1. The van der Waals surface area contributed by atoms with E-state index in [1.807, 2.05) is 25.1 Å². The molecule has 0 amide bonds. The zero-order valence-electron chi connectivity index (χ0n) is 9.81. The second-order valence-corrected chi connectivity index (χ2v) is 4.11. The van der Waals surface area contributed by atoms with Crippen LogP contribution in [0.5, 0.6) is 0 Å². The van der Waals surface area contributed by atoms with Crippen LogP contribution in [-0.2, 0) is 6.54 Å².